The van der Waals surface area contributed by atoms with Gasteiger partial charge in [-0.15, -0.1) is 0 Å². The van der Waals surface area contributed by atoms with E-state index in [0.717, 1.165) is 12.8 Å². The zero-order chi connectivity index (χ0) is 15.7. The number of anilines is 1. The molecule has 1 aromatic heterocycles. The number of rotatable bonds is 3. The molecule has 0 bridgehead atoms. The second kappa shape index (κ2) is 5.71. The Morgan fingerprint density at radius 1 is 1.23 bits per heavy atom. The second-order valence-electron chi connectivity index (χ2n) is 5.74. The normalized spacial score (nSPS) is 21.3. The van der Waals surface area contributed by atoms with Gasteiger partial charge in [0, 0.05) is 24.5 Å². The number of nitrogens with zero attached hydrogens (tertiary/aromatic N) is 2. The van der Waals surface area contributed by atoms with Gasteiger partial charge in [-0.2, -0.15) is 0 Å². The summed E-state index contributed by atoms with van der Waals surface area (Å²) in [4.78, 5) is 28.0. The van der Waals surface area contributed by atoms with Crippen molar-refractivity contribution in [3.05, 3.63) is 22.7 Å². The van der Waals surface area contributed by atoms with Gasteiger partial charge in [0.25, 0.3) is 5.56 Å². The lowest BCUT2D eigenvalue weighted by Gasteiger charge is -2.22. The Morgan fingerprint density at radius 3 is 2.55 bits per heavy atom. The van der Waals surface area contributed by atoms with Gasteiger partial charge < -0.3 is 9.88 Å². The summed E-state index contributed by atoms with van der Waals surface area (Å²) in [5, 5.41) is 5.15. The fourth-order valence-corrected chi connectivity index (χ4v) is 4.01. The van der Waals surface area contributed by atoms with Crippen LogP contribution in [0, 0.1) is 0 Å². The van der Waals surface area contributed by atoms with Gasteiger partial charge in [0.2, 0.25) is 5.82 Å². The average molecular weight is 326 g/mol. The molecule has 1 aliphatic carbocycles. The molecule has 0 spiro atoms. The summed E-state index contributed by atoms with van der Waals surface area (Å²) in [5.41, 5.74) is -0.314. The lowest BCUT2D eigenvalue weighted by atomic mass is 10.2. The van der Waals surface area contributed by atoms with Gasteiger partial charge in [-0.1, -0.05) is 0 Å². The van der Waals surface area contributed by atoms with Crippen LogP contribution in [-0.2, 0) is 9.84 Å². The first-order chi connectivity index (χ1) is 10.4. The van der Waals surface area contributed by atoms with E-state index in [9.17, 15) is 18.0 Å². The van der Waals surface area contributed by atoms with Gasteiger partial charge in [0.05, 0.1) is 11.5 Å². The van der Waals surface area contributed by atoms with E-state index in [4.69, 9.17) is 0 Å². The van der Waals surface area contributed by atoms with E-state index >= 15 is 0 Å². The van der Waals surface area contributed by atoms with E-state index in [1.165, 1.54) is 6.20 Å². The Bertz CT molecular complexity index is 725. The van der Waals surface area contributed by atoms with E-state index in [-0.39, 0.29) is 35.0 Å². The molecular weight excluding hydrogens is 308 g/mol. The molecule has 2 aliphatic rings. The van der Waals surface area contributed by atoms with Crippen LogP contribution in [0.2, 0.25) is 0 Å². The molecule has 0 radical (unpaired) electrons. The third kappa shape index (κ3) is 3.46. The van der Waals surface area contributed by atoms with Crippen LogP contribution >= 0.6 is 0 Å². The molecular formula is C13H18N4O4S. The summed E-state index contributed by atoms with van der Waals surface area (Å²) < 4.78 is 24.3. The number of carbonyl (C=O) groups is 1. The quantitative estimate of drug-likeness (QED) is 0.829. The molecule has 1 saturated heterocycles. The summed E-state index contributed by atoms with van der Waals surface area (Å²) in [7, 11) is -2.96. The number of amides is 2. The Hall–Kier alpha value is -1.90. The predicted molar refractivity (Wildman–Crippen MR) is 80.6 cm³/mol. The Labute approximate surface area is 127 Å². The molecule has 1 saturated carbocycles. The van der Waals surface area contributed by atoms with Crippen LogP contribution in [0.3, 0.4) is 0 Å². The van der Waals surface area contributed by atoms with Crippen molar-refractivity contribution >= 4 is 21.7 Å². The monoisotopic (exact) mass is 326 g/mol. The maximum Gasteiger partial charge on any atom is 0.320 e. The highest BCUT2D eigenvalue weighted by Gasteiger charge is 2.27. The summed E-state index contributed by atoms with van der Waals surface area (Å²) in [6.45, 7) is 0. The summed E-state index contributed by atoms with van der Waals surface area (Å²) >= 11 is 0. The predicted octanol–water partition coefficient (Wildman–Crippen LogP) is 0.277. The van der Waals surface area contributed by atoms with Gasteiger partial charge in [-0.3, -0.25) is 10.1 Å². The fraction of sp³-hybridized carbons (Fsp3) is 0.615. The Kier molecular flexibility index (Phi) is 3.90. The van der Waals surface area contributed by atoms with Gasteiger partial charge in [0.1, 0.15) is 9.84 Å². The third-order valence-corrected chi connectivity index (χ3v) is 5.65. The van der Waals surface area contributed by atoms with Gasteiger partial charge >= 0.3 is 6.03 Å². The van der Waals surface area contributed by atoms with Crippen LogP contribution in [0.5, 0.6) is 0 Å². The minimum Gasteiger partial charge on any atom is -0.335 e. The van der Waals surface area contributed by atoms with E-state index in [2.05, 4.69) is 15.6 Å². The van der Waals surface area contributed by atoms with Gasteiger partial charge in [0.15, 0.2) is 0 Å². The molecule has 0 atom stereocenters. The number of carbonyl (C=O) groups excluding carboxylic acids is 1. The number of sulfone groups is 1. The highest BCUT2D eigenvalue weighted by Crippen LogP contribution is 2.33. The minimum absolute atomic E-state index is 0.00432. The van der Waals surface area contributed by atoms with E-state index < -0.39 is 15.9 Å². The first kappa shape index (κ1) is 15.0. The van der Waals surface area contributed by atoms with Gasteiger partial charge in [-0.05, 0) is 25.7 Å². The van der Waals surface area contributed by atoms with Crippen molar-refractivity contribution in [3.8, 4) is 0 Å². The van der Waals surface area contributed by atoms with Crippen LogP contribution in [0.25, 0.3) is 0 Å². The van der Waals surface area contributed by atoms with Crippen molar-refractivity contribution in [1.29, 1.82) is 0 Å². The maximum atomic E-state index is 12.1. The molecule has 9 heteroatoms. The van der Waals surface area contributed by atoms with Crippen LogP contribution in [0.4, 0.5) is 10.6 Å². The molecule has 0 aromatic carbocycles. The molecule has 8 nitrogen and oxygen atoms in total. The van der Waals surface area contributed by atoms with E-state index in [1.54, 1.807) is 10.8 Å². The average Bonchev–Trinajstić information content (AvgIpc) is 3.28. The number of hydrogen-bond donors (Lipinski definition) is 2. The van der Waals surface area contributed by atoms with Crippen molar-refractivity contribution in [1.82, 2.24) is 14.9 Å². The number of nitrogens with one attached hydrogen (secondary N) is 2. The number of aromatic nitrogens is 2. The standard InChI is InChI=1S/C13H18N4O4S/c18-12-11(14-5-6-17(12)10-1-2-10)16-13(19)15-9-3-7-22(20,21)8-4-9/h5-6,9-10H,1-4,7-8H2,(H2,14,15,16,19). The molecule has 2 N–H and O–H groups in total. The lowest BCUT2D eigenvalue weighted by Crippen LogP contribution is -2.43. The molecule has 2 fully saturated rings. The Morgan fingerprint density at radius 2 is 1.91 bits per heavy atom. The number of urea groups is 1. The topological polar surface area (TPSA) is 110 Å². The summed E-state index contributed by atoms with van der Waals surface area (Å²) in [5.74, 6) is 0.154. The molecule has 120 valence electrons. The van der Waals surface area contributed by atoms with Crippen LogP contribution in [-0.4, -0.2) is 41.5 Å². The molecule has 1 aromatic rings. The first-order valence-electron chi connectivity index (χ1n) is 7.30. The maximum absolute atomic E-state index is 12.1. The fourth-order valence-electron chi connectivity index (χ4n) is 2.51. The van der Waals surface area contributed by atoms with Crippen molar-refractivity contribution in [3.63, 3.8) is 0 Å². The summed E-state index contributed by atoms with van der Waals surface area (Å²) in [6.07, 6.45) is 5.82. The first-order valence-corrected chi connectivity index (χ1v) is 9.12. The van der Waals surface area contributed by atoms with Gasteiger partial charge in [-0.25, -0.2) is 18.2 Å². The molecule has 22 heavy (non-hydrogen) atoms. The molecule has 3 rings (SSSR count). The van der Waals surface area contributed by atoms with Crippen molar-refractivity contribution < 1.29 is 13.2 Å². The molecule has 2 heterocycles. The third-order valence-electron chi connectivity index (χ3n) is 3.93. The molecule has 0 unspecified atom stereocenters. The minimum atomic E-state index is -2.96. The van der Waals surface area contributed by atoms with Crippen LogP contribution < -0.4 is 16.2 Å². The van der Waals surface area contributed by atoms with Crippen molar-refractivity contribution in [2.75, 3.05) is 16.8 Å². The lowest BCUT2D eigenvalue weighted by molar-refractivity contribution is 0.247. The van der Waals surface area contributed by atoms with Crippen molar-refractivity contribution in [2.24, 2.45) is 0 Å². The van der Waals surface area contributed by atoms with Crippen molar-refractivity contribution in [2.45, 2.75) is 37.8 Å². The number of hydrogen-bond acceptors (Lipinski definition) is 5. The Balaban J connectivity index is 1.60. The SMILES string of the molecule is O=C(Nc1nccn(C2CC2)c1=O)NC1CCS(=O)(=O)CC1. The molecule has 2 amide bonds. The highest BCUT2D eigenvalue weighted by atomic mass is 32.2. The summed E-state index contributed by atoms with van der Waals surface area (Å²) in [6, 6.07) is -0.511. The van der Waals surface area contributed by atoms with E-state index in [0.29, 0.717) is 12.8 Å². The zero-order valence-corrected chi connectivity index (χ0v) is 12.8. The van der Waals surface area contributed by atoms with E-state index in [1.807, 2.05) is 0 Å². The second-order valence-corrected chi connectivity index (χ2v) is 8.05. The zero-order valence-electron chi connectivity index (χ0n) is 12.0. The molecule has 1 aliphatic heterocycles. The smallest absolute Gasteiger partial charge is 0.320 e. The largest absolute Gasteiger partial charge is 0.335 e. The van der Waals surface area contributed by atoms with Crippen LogP contribution in [0.15, 0.2) is 17.2 Å². The highest BCUT2D eigenvalue weighted by molar-refractivity contribution is 7.91. The van der Waals surface area contributed by atoms with Crippen LogP contribution in [0.1, 0.15) is 31.7 Å².